The van der Waals surface area contributed by atoms with Crippen LogP contribution < -0.4 is 0 Å². The smallest absolute Gasteiger partial charge is 0.163 e. The number of Topliss-reactive ketones (excluding diaryl/α,β-unsaturated/α-hetero) is 1. The number of hydrogen-bond acceptors (Lipinski definition) is 2. The lowest BCUT2D eigenvalue weighted by Gasteiger charge is -1.99. The van der Waals surface area contributed by atoms with Crippen LogP contribution in [0.2, 0.25) is 0 Å². The van der Waals surface area contributed by atoms with E-state index in [0.29, 0.717) is 5.56 Å². The third-order valence-electron chi connectivity index (χ3n) is 1.44. The molecule has 2 heteroatoms. The van der Waals surface area contributed by atoms with Gasteiger partial charge in [-0.05, 0) is 31.5 Å². The molecule has 1 radical (unpaired) electrons. The van der Waals surface area contributed by atoms with Crippen LogP contribution in [-0.4, -0.2) is 10.9 Å². The molecule has 0 unspecified atom stereocenters. The van der Waals surface area contributed by atoms with E-state index in [2.05, 4.69) is 6.07 Å². The topological polar surface area (TPSA) is 37.3 Å². The Bertz CT molecular complexity index is 290. The normalized spacial score (nSPS) is 9.64. The van der Waals surface area contributed by atoms with Crippen LogP contribution in [0.25, 0.3) is 0 Å². The van der Waals surface area contributed by atoms with Crippen LogP contribution in [0.3, 0.4) is 0 Å². The number of carbonyl (C=O) groups excluding carboxylic acids is 1. The van der Waals surface area contributed by atoms with E-state index in [-0.39, 0.29) is 11.5 Å². The molecule has 2 nitrogen and oxygen atoms in total. The maximum Gasteiger partial charge on any atom is 0.163 e. The van der Waals surface area contributed by atoms with Gasteiger partial charge in [-0.2, -0.15) is 0 Å². The van der Waals surface area contributed by atoms with Gasteiger partial charge in [-0.3, -0.25) is 4.79 Å². The third-order valence-corrected chi connectivity index (χ3v) is 1.44. The fourth-order valence-electron chi connectivity index (χ4n) is 0.866. The van der Waals surface area contributed by atoms with E-state index in [4.69, 9.17) is 5.11 Å². The second-order valence-electron chi connectivity index (χ2n) is 2.50. The number of ketones is 1. The maximum atomic E-state index is 10.8. The lowest BCUT2D eigenvalue weighted by molar-refractivity contribution is 0.101. The summed E-state index contributed by atoms with van der Waals surface area (Å²) in [4.78, 5) is 10.8. The van der Waals surface area contributed by atoms with Crippen LogP contribution in [0.1, 0.15) is 22.8 Å². The van der Waals surface area contributed by atoms with Gasteiger partial charge in [0.05, 0.1) is 5.56 Å². The van der Waals surface area contributed by atoms with Gasteiger partial charge >= 0.3 is 0 Å². The first-order chi connectivity index (χ1) is 5.11. The van der Waals surface area contributed by atoms with Gasteiger partial charge in [-0.25, -0.2) is 0 Å². The fourth-order valence-corrected chi connectivity index (χ4v) is 0.866. The fraction of sp³-hybridized carbons (Fsp3) is 0.222. The zero-order valence-electron chi connectivity index (χ0n) is 6.51. The summed E-state index contributed by atoms with van der Waals surface area (Å²) < 4.78 is 0. The third kappa shape index (κ3) is 1.58. The summed E-state index contributed by atoms with van der Waals surface area (Å²) in [6, 6.07) is 5.87. The van der Waals surface area contributed by atoms with E-state index in [1.54, 1.807) is 12.1 Å². The van der Waals surface area contributed by atoms with Crippen molar-refractivity contribution < 1.29 is 9.90 Å². The van der Waals surface area contributed by atoms with E-state index < -0.39 is 0 Å². The molecular formula is C9H9O2. The van der Waals surface area contributed by atoms with Crippen LogP contribution >= 0.6 is 0 Å². The Kier molecular flexibility index (Phi) is 1.94. The van der Waals surface area contributed by atoms with Crippen molar-refractivity contribution in [2.75, 3.05) is 0 Å². The molecule has 0 fully saturated rings. The molecule has 0 aliphatic heterocycles. The number of hydrogen-bond donors (Lipinski definition) is 1. The van der Waals surface area contributed by atoms with Crippen molar-refractivity contribution in [2.45, 2.75) is 13.8 Å². The SMILES string of the molecule is CC(=O)c1cc(C)c[c]c1O. The lowest BCUT2D eigenvalue weighted by atomic mass is 10.1. The van der Waals surface area contributed by atoms with Crippen molar-refractivity contribution in [3.05, 3.63) is 29.3 Å². The number of aromatic hydroxyl groups is 1. The molecule has 0 bridgehead atoms. The van der Waals surface area contributed by atoms with Crippen molar-refractivity contribution in [1.82, 2.24) is 0 Å². The molecule has 1 aromatic rings. The van der Waals surface area contributed by atoms with Gasteiger partial charge in [0, 0.05) is 6.07 Å². The van der Waals surface area contributed by atoms with Crippen LogP contribution in [-0.2, 0) is 0 Å². The van der Waals surface area contributed by atoms with Crippen molar-refractivity contribution in [3.63, 3.8) is 0 Å². The molecular weight excluding hydrogens is 140 g/mol. The first-order valence-corrected chi connectivity index (χ1v) is 3.33. The molecule has 0 saturated heterocycles. The summed E-state index contributed by atoms with van der Waals surface area (Å²) >= 11 is 0. The molecule has 1 rings (SSSR count). The van der Waals surface area contributed by atoms with Crippen LogP contribution in [0.15, 0.2) is 12.1 Å². The summed E-state index contributed by atoms with van der Waals surface area (Å²) in [5.74, 6) is -0.203. The Labute approximate surface area is 65.5 Å². The molecule has 11 heavy (non-hydrogen) atoms. The van der Waals surface area contributed by atoms with Gasteiger partial charge in [0.2, 0.25) is 0 Å². The highest BCUT2D eigenvalue weighted by molar-refractivity contribution is 5.96. The Balaban J connectivity index is 3.23. The van der Waals surface area contributed by atoms with Gasteiger partial charge in [0.15, 0.2) is 5.78 Å². The van der Waals surface area contributed by atoms with Crippen molar-refractivity contribution >= 4 is 5.78 Å². The first-order valence-electron chi connectivity index (χ1n) is 3.33. The Hall–Kier alpha value is -1.31. The van der Waals surface area contributed by atoms with Gasteiger partial charge in [-0.15, -0.1) is 0 Å². The van der Waals surface area contributed by atoms with Gasteiger partial charge < -0.3 is 5.11 Å². The summed E-state index contributed by atoms with van der Waals surface area (Å²) in [5, 5.41) is 9.13. The number of carbonyl (C=O) groups is 1. The van der Waals surface area contributed by atoms with E-state index in [1.165, 1.54) is 6.92 Å². The number of rotatable bonds is 1. The predicted octanol–water partition coefficient (Wildman–Crippen LogP) is 1.70. The maximum absolute atomic E-state index is 10.8. The van der Waals surface area contributed by atoms with Crippen molar-refractivity contribution in [3.8, 4) is 5.75 Å². The van der Waals surface area contributed by atoms with Crippen LogP contribution in [0.5, 0.6) is 5.75 Å². The summed E-state index contributed by atoms with van der Waals surface area (Å²) in [6.07, 6.45) is 0. The van der Waals surface area contributed by atoms with E-state index in [9.17, 15) is 4.79 Å². The standard InChI is InChI=1S/C9H9O2/c1-6-3-4-9(11)8(5-6)7(2)10/h3,5,11H,1-2H3. The zero-order chi connectivity index (χ0) is 8.43. The minimum atomic E-state index is -0.137. The first kappa shape index (κ1) is 7.79. The highest BCUT2D eigenvalue weighted by atomic mass is 16.3. The highest BCUT2D eigenvalue weighted by Gasteiger charge is 2.05. The molecule has 0 spiro atoms. The molecule has 0 heterocycles. The second-order valence-corrected chi connectivity index (χ2v) is 2.50. The summed E-state index contributed by atoms with van der Waals surface area (Å²) in [7, 11) is 0. The van der Waals surface area contributed by atoms with E-state index in [0.717, 1.165) is 5.56 Å². The van der Waals surface area contributed by atoms with Crippen molar-refractivity contribution in [1.29, 1.82) is 0 Å². The molecule has 1 aromatic carbocycles. The Morgan fingerprint density at radius 3 is 2.73 bits per heavy atom. The molecule has 0 aliphatic rings. The zero-order valence-corrected chi connectivity index (χ0v) is 6.51. The molecule has 0 saturated carbocycles. The quantitative estimate of drug-likeness (QED) is 0.617. The molecule has 0 aromatic heterocycles. The average Bonchev–Trinajstić information content (AvgIpc) is 1.94. The molecule has 57 valence electrons. The average molecular weight is 149 g/mol. The molecule has 1 N–H and O–H groups in total. The predicted molar refractivity (Wildman–Crippen MR) is 41.7 cm³/mol. The molecule has 0 aliphatic carbocycles. The summed E-state index contributed by atoms with van der Waals surface area (Å²) in [5.41, 5.74) is 1.26. The van der Waals surface area contributed by atoms with Crippen LogP contribution in [0.4, 0.5) is 0 Å². The highest BCUT2D eigenvalue weighted by Crippen LogP contribution is 2.17. The minimum Gasteiger partial charge on any atom is -0.507 e. The van der Waals surface area contributed by atoms with Gasteiger partial charge in [0.1, 0.15) is 5.75 Å². The van der Waals surface area contributed by atoms with Crippen molar-refractivity contribution in [2.24, 2.45) is 0 Å². The summed E-state index contributed by atoms with van der Waals surface area (Å²) in [6.45, 7) is 3.27. The Morgan fingerprint density at radius 2 is 2.27 bits per heavy atom. The second kappa shape index (κ2) is 2.74. The number of phenols is 1. The monoisotopic (exact) mass is 149 g/mol. The number of phenolic OH excluding ortho intramolecular Hbond substituents is 1. The van der Waals surface area contributed by atoms with E-state index >= 15 is 0 Å². The van der Waals surface area contributed by atoms with E-state index in [1.807, 2.05) is 6.92 Å². The largest absolute Gasteiger partial charge is 0.507 e. The van der Waals surface area contributed by atoms with Gasteiger partial charge in [-0.1, -0.05) is 0 Å². The number of aryl methyl sites for hydroxylation is 1. The molecule has 0 amide bonds. The lowest BCUT2D eigenvalue weighted by Crippen LogP contribution is -1.92. The van der Waals surface area contributed by atoms with Crippen LogP contribution in [0, 0.1) is 13.0 Å². The number of benzene rings is 1. The molecule has 0 atom stereocenters. The Morgan fingerprint density at radius 1 is 1.64 bits per heavy atom. The minimum absolute atomic E-state index is 0.0666. The van der Waals surface area contributed by atoms with Gasteiger partial charge in [0.25, 0.3) is 0 Å².